The van der Waals surface area contributed by atoms with E-state index in [-0.39, 0.29) is 58.9 Å². The van der Waals surface area contributed by atoms with Gasteiger partial charge in [0.2, 0.25) is 17.7 Å². The standard InChI is InChI=1S/C19H28N2O3/c1-18(2,3)10-19(4,5)20-13(22)9-21-16(23)14-11-6-7-12(8-11)15(14)17(21)24/h6-7,11-12,14-15H,8-10H2,1-5H3,(H,20,22)/t11-,12-,14-,15-/m0/s1. The van der Waals surface area contributed by atoms with E-state index in [2.05, 4.69) is 38.2 Å². The van der Waals surface area contributed by atoms with Crippen LogP contribution in [0.2, 0.25) is 0 Å². The number of amides is 3. The third-order valence-electron chi connectivity index (χ3n) is 5.31. The van der Waals surface area contributed by atoms with Gasteiger partial charge in [0.15, 0.2) is 0 Å². The predicted molar refractivity (Wildman–Crippen MR) is 90.7 cm³/mol. The number of fused-ring (bicyclic) bond motifs is 5. The van der Waals surface area contributed by atoms with E-state index in [4.69, 9.17) is 0 Å². The summed E-state index contributed by atoms with van der Waals surface area (Å²) < 4.78 is 0. The van der Waals surface area contributed by atoms with Crippen molar-refractivity contribution in [2.24, 2.45) is 29.1 Å². The molecule has 1 heterocycles. The minimum absolute atomic E-state index is 0.0813. The van der Waals surface area contributed by atoms with Crippen molar-refractivity contribution >= 4 is 17.7 Å². The number of carbonyl (C=O) groups excluding carboxylic acids is 3. The fraction of sp³-hybridized carbons (Fsp3) is 0.737. The summed E-state index contributed by atoms with van der Waals surface area (Å²) in [6, 6.07) is 0. The first-order valence-corrected chi connectivity index (χ1v) is 8.83. The number of rotatable bonds is 4. The van der Waals surface area contributed by atoms with E-state index in [1.165, 1.54) is 4.90 Å². The molecule has 3 amide bonds. The Morgan fingerprint density at radius 1 is 1.08 bits per heavy atom. The first kappa shape index (κ1) is 17.2. The summed E-state index contributed by atoms with van der Waals surface area (Å²) in [5.41, 5.74) is -0.296. The minimum atomic E-state index is -0.377. The monoisotopic (exact) mass is 332 g/mol. The maximum absolute atomic E-state index is 12.6. The van der Waals surface area contributed by atoms with Crippen molar-refractivity contribution in [2.75, 3.05) is 6.54 Å². The molecule has 1 saturated carbocycles. The molecule has 3 rings (SSSR count). The van der Waals surface area contributed by atoms with Gasteiger partial charge in [-0.15, -0.1) is 0 Å². The van der Waals surface area contributed by atoms with Crippen LogP contribution in [0.25, 0.3) is 0 Å². The second kappa shape index (κ2) is 5.43. The summed E-state index contributed by atoms with van der Waals surface area (Å²) in [6.07, 6.45) is 5.85. The van der Waals surface area contributed by atoms with Crippen LogP contribution in [0.1, 0.15) is 47.5 Å². The molecule has 0 radical (unpaired) electrons. The number of hydrogen-bond donors (Lipinski definition) is 1. The van der Waals surface area contributed by atoms with Crippen LogP contribution < -0.4 is 5.32 Å². The lowest BCUT2D eigenvalue weighted by atomic mass is 9.82. The summed E-state index contributed by atoms with van der Waals surface area (Å²) in [7, 11) is 0. The molecule has 0 aromatic rings. The van der Waals surface area contributed by atoms with E-state index >= 15 is 0 Å². The molecule has 5 heteroatoms. The number of nitrogens with zero attached hydrogens (tertiary/aromatic N) is 1. The van der Waals surface area contributed by atoms with E-state index in [9.17, 15) is 14.4 Å². The summed E-state index contributed by atoms with van der Waals surface area (Å²) in [5.74, 6) is -0.683. The Labute approximate surface area is 143 Å². The van der Waals surface area contributed by atoms with E-state index in [0.717, 1.165) is 12.8 Å². The van der Waals surface area contributed by atoms with Gasteiger partial charge >= 0.3 is 0 Å². The van der Waals surface area contributed by atoms with Crippen molar-refractivity contribution in [3.8, 4) is 0 Å². The van der Waals surface area contributed by atoms with Crippen LogP contribution in [-0.2, 0) is 14.4 Å². The number of allylic oxidation sites excluding steroid dienone is 2. The van der Waals surface area contributed by atoms with Gasteiger partial charge in [0.05, 0.1) is 11.8 Å². The van der Waals surface area contributed by atoms with Crippen molar-refractivity contribution in [1.82, 2.24) is 10.2 Å². The largest absolute Gasteiger partial charge is 0.350 e. The Hall–Kier alpha value is -1.65. The van der Waals surface area contributed by atoms with Crippen LogP contribution in [0.5, 0.6) is 0 Å². The van der Waals surface area contributed by atoms with E-state index in [1.807, 2.05) is 13.8 Å². The Balaban J connectivity index is 1.64. The van der Waals surface area contributed by atoms with Crippen LogP contribution in [0.15, 0.2) is 12.2 Å². The van der Waals surface area contributed by atoms with Gasteiger partial charge in [-0.3, -0.25) is 19.3 Å². The van der Waals surface area contributed by atoms with Gasteiger partial charge in [-0.2, -0.15) is 0 Å². The molecule has 24 heavy (non-hydrogen) atoms. The molecule has 1 saturated heterocycles. The van der Waals surface area contributed by atoms with Crippen molar-refractivity contribution in [3.05, 3.63) is 12.2 Å². The lowest BCUT2D eigenvalue weighted by Crippen LogP contribution is -2.50. The molecule has 1 N–H and O–H groups in total. The highest BCUT2D eigenvalue weighted by Gasteiger charge is 2.59. The normalized spacial score (nSPS) is 31.8. The van der Waals surface area contributed by atoms with Crippen LogP contribution in [-0.4, -0.2) is 34.7 Å². The molecule has 0 spiro atoms. The Morgan fingerprint density at radius 2 is 1.58 bits per heavy atom. The Kier molecular flexibility index (Phi) is 3.89. The third-order valence-corrected chi connectivity index (χ3v) is 5.31. The van der Waals surface area contributed by atoms with Gasteiger partial charge in [0.25, 0.3) is 0 Å². The Morgan fingerprint density at radius 3 is 2.04 bits per heavy atom. The van der Waals surface area contributed by atoms with Gasteiger partial charge in [-0.25, -0.2) is 0 Å². The molecular weight excluding hydrogens is 304 g/mol. The number of hydrogen-bond acceptors (Lipinski definition) is 3. The van der Waals surface area contributed by atoms with Crippen LogP contribution in [0, 0.1) is 29.1 Å². The zero-order valence-electron chi connectivity index (χ0n) is 15.3. The second-order valence-electron chi connectivity index (χ2n) is 9.43. The summed E-state index contributed by atoms with van der Waals surface area (Å²) in [5, 5.41) is 2.98. The molecule has 2 bridgehead atoms. The lowest BCUT2D eigenvalue weighted by Gasteiger charge is -2.33. The molecule has 5 nitrogen and oxygen atoms in total. The molecule has 0 aromatic carbocycles. The molecule has 3 aliphatic rings. The predicted octanol–water partition coefficient (Wildman–Crippen LogP) is 2.12. The molecule has 1 aliphatic heterocycles. The van der Waals surface area contributed by atoms with Crippen molar-refractivity contribution < 1.29 is 14.4 Å². The highest BCUT2D eigenvalue weighted by molar-refractivity contribution is 6.08. The Bertz CT molecular complexity index is 585. The van der Waals surface area contributed by atoms with Gasteiger partial charge in [0.1, 0.15) is 6.54 Å². The number of nitrogens with one attached hydrogen (secondary N) is 1. The molecule has 2 aliphatic carbocycles. The number of likely N-dealkylation sites (tertiary alicyclic amines) is 1. The second-order valence-corrected chi connectivity index (χ2v) is 9.43. The average molecular weight is 332 g/mol. The van der Waals surface area contributed by atoms with Crippen molar-refractivity contribution in [1.29, 1.82) is 0 Å². The first-order chi connectivity index (χ1) is 11.0. The summed E-state index contributed by atoms with van der Waals surface area (Å²) >= 11 is 0. The van der Waals surface area contributed by atoms with Gasteiger partial charge < -0.3 is 5.32 Å². The molecule has 4 atom stereocenters. The van der Waals surface area contributed by atoms with Gasteiger partial charge in [-0.1, -0.05) is 32.9 Å². The zero-order chi connectivity index (χ0) is 17.9. The molecular formula is C19H28N2O3. The fourth-order valence-electron chi connectivity index (χ4n) is 5.05. The lowest BCUT2D eigenvalue weighted by molar-refractivity contribution is -0.144. The smallest absolute Gasteiger partial charge is 0.240 e. The van der Waals surface area contributed by atoms with E-state index in [0.29, 0.717) is 0 Å². The highest BCUT2D eigenvalue weighted by Crippen LogP contribution is 2.52. The van der Waals surface area contributed by atoms with Gasteiger partial charge in [0, 0.05) is 5.54 Å². The molecule has 2 fully saturated rings. The first-order valence-electron chi connectivity index (χ1n) is 8.83. The van der Waals surface area contributed by atoms with Crippen molar-refractivity contribution in [3.63, 3.8) is 0 Å². The van der Waals surface area contributed by atoms with Crippen LogP contribution in [0.3, 0.4) is 0 Å². The van der Waals surface area contributed by atoms with E-state index < -0.39 is 0 Å². The fourth-order valence-corrected chi connectivity index (χ4v) is 5.05. The SMILES string of the molecule is CC(C)(C)CC(C)(C)NC(=O)CN1C(=O)[C@@H]2[C@@H](C1=O)[C@H]1C=C[C@H]2C1. The minimum Gasteiger partial charge on any atom is -0.350 e. The third kappa shape index (κ3) is 3.01. The molecule has 0 unspecified atom stereocenters. The maximum Gasteiger partial charge on any atom is 0.240 e. The zero-order valence-corrected chi connectivity index (χ0v) is 15.3. The average Bonchev–Trinajstić information content (AvgIpc) is 3.04. The van der Waals surface area contributed by atoms with Crippen LogP contribution in [0.4, 0.5) is 0 Å². The number of carbonyl (C=O) groups is 3. The maximum atomic E-state index is 12.6. The topological polar surface area (TPSA) is 66.5 Å². The quantitative estimate of drug-likeness (QED) is 0.633. The summed E-state index contributed by atoms with van der Waals surface area (Å²) in [6.45, 7) is 10.2. The van der Waals surface area contributed by atoms with Gasteiger partial charge in [-0.05, 0) is 43.9 Å². The molecule has 0 aromatic heterocycles. The highest BCUT2D eigenvalue weighted by atomic mass is 16.2. The van der Waals surface area contributed by atoms with Crippen molar-refractivity contribution in [2.45, 2.75) is 53.0 Å². The van der Waals surface area contributed by atoms with E-state index in [1.54, 1.807) is 0 Å². The van der Waals surface area contributed by atoms with Crippen LogP contribution >= 0.6 is 0 Å². The summed E-state index contributed by atoms with van der Waals surface area (Å²) in [4.78, 5) is 38.8. The number of imide groups is 1. The molecule has 132 valence electrons.